The van der Waals surface area contributed by atoms with Gasteiger partial charge in [-0.25, -0.2) is 9.37 Å². The number of carbonyl (C=O) groups is 1. The monoisotopic (exact) mass is 446 g/mol. The molecule has 0 aliphatic heterocycles. The Morgan fingerprint density at radius 2 is 2.13 bits per heavy atom. The minimum atomic E-state index is -1.15. The van der Waals surface area contributed by atoms with E-state index in [2.05, 4.69) is 47.2 Å². The van der Waals surface area contributed by atoms with E-state index in [0.717, 1.165) is 9.61 Å². The minimum absolute atomic E-state index is 0.0337. The van der Waals surface area contributed by atoms with Crippen LogP contribution in [0.3, 0.4) is 0 Å². The number of nitrogens with zero attached hydrogens (tertiary/aromatic N) is 2. The number of halogens is 2. The van der Waals surface area contributed by atoms with Crippen LogP contribution >= 0.6 is 22.6 Å². The van der Waals surface area contributed by atoms with Gasteiger partial charge in [-0.05, 0) is 46.8 Å². The van der Waals surface area contributed by atoms with Crippen molar-refractivity contribution in [1.82, 2.24) is 9.55 Å². The van der Waals surface area contributed by atoms with Gasteiger partial charge in [0, 0.05) is 30.6 Å². The highest BCUT2D eigenvalue weighted by Crippen LogP contribution is 2.16. The molecule has 0 amide bonds. The Kier molecular flexibility index (Phi) is 6.10. The molecule has 0 unspecified atom stereocenters. The van der Waals surface area contributed by atoms with Crippen LogP contribution in [0.4, 0.5) is 4.39 Å². The number of aromatic nitrogens is 2. The quantitative estimate of drug-likeness (QED) is 0.278. The molecule has 0 spiro atoms. The summed E-state index contributed by atoms with van der Waals surface area (Å²) in [4.78, 5) is 16.6. The molecule has 1 aromatic carbocycles. The van der Waals surface area contributed by atoms with Crippen LogP contribution in [0.2, 0.25) is 25.7 Å². The largest absolute Gasteiger partial charge is 0.361 e. The molecule has 0 bridgehead atoms. The summed E-state index contributed by atoms with van der Waals surface area (Å²) >= 11 is 2.05. The van der Waals surface area contributed by atoms with Crippen molar-refractivity contribution in [3.8, 4) is 0 Å². The third-order valence-corrected chi connectivity index (χ3v) is 5.69. The van der Waals surface area contributed by atoms with Crippen molar-refractivity contribution >= 4 is 36.4 Å². The van der Waals surface area contributed by atoms with Crippen molar-refractivity contribution < 1.29 is 13.9 Å². The zero-order chi connectivity index (χ0) is 17.0. The van der Waals surface area contributed by atoms with Crippen LogP contribution in [0.25, 0.3) is 0 Å². The van der Waals surface area contributed by atoms with Crippen molar-refractivity contribution in [2.45, 2.75) is 32.4 Å². The molecule has 4 nitrogen and oxygen atoms in total. The molecule has 0 saturated heterocycles. The molecule has 2 rings (SSSR count). The topological polar surface area (TPSA) is 44.1 Å². The van der Waals surface area contributed by atoms with Gasteiger partial charge in [-0.15, -0.1) is 0 Å². The molecule has 7 heteroatoms. The Hall–Kier alpha value is -1.06. The van der Waals surface area contributed by atoms with E-state index in [-0.39, 0.29) is 18.1 Å². The lowest BCUT2D eigenvalue weighted by molar-refractivity contribution is 0.0811. The second-order valence-electron chi connectivity index (χ2n) is 6.52. The van der Waals surface area contributed by atoms with Crippen molar-refractivity contribution in [2.24, 2.45) is 0 Å². The Morgan fingerprint density at radius 3 is 2.83 bits per heavy atom. The standard InChI is InChI=1S/C16H20FIN2O2Si/c1-23(2,3)9-8-22-11-20-7-6-19-16(20)15(21)13-10-12(18)4-5-14(13)17/h4-7,10H,8-9,11H2,1-3H3. The minimum Gasteiger partial charge on any atom is -0.361 e. The van der Waals surface area contributed by atoms with Crippen molar-refractivity contribution in [3.63, 3.8) is 0 Å². The maximum atomic E-state index is 13.9. The summed E-state index contributed by atoms with van der Waals surface area (Å²) in [5, 5.41) is 0. The Balaban J connectivity index is 2.08. The molecule has 1 aromatic heterocycles. The summed E-state index contributed by atoms with van der Waals surface area (Å²) < 4.78 is 22.0. The van der Waals surface area contributed by atoms with Crippen LogP contribution < -0.4 is 0 Å². The summed E-state index contributed by atoms with van der Waals surface area (Å²) in [7, 11) is -1.15. The molecule has 0 aliphatic rings. The van der Waals surface area contributed by atoms with E-state index in [1.807, 2.05) is 0 Å². The summed E-state index contributed by atoms with van der Waals surface area (Å²) in [5.74, 6) is -0.775. The number of rotatable bonds is 7. The third kappa shape index (κ3) is 5.22. The molecule has 0 atom stereocenters. The van der Waals surface area contributed by atoms with Gasteiger partial charge in [0.05, 0.1) is 5.56 Å². The van der Waals surface area contributed by atoms with Crippen molar-refractivity contribution in [3.05, 3.63) is 51.4 Å². The van der Waals surface area contributed by atoms with Crippen molar-refractivity contribution in [2.75, 3.05) is 6.61 Å². The van der Waals surface area contributed by atoms with E-state index >= 15 is 0 Å². The predicted molar refractivity (Wildman–Crippen MR) is 98.9 cm³/mol. The lowest BCUT2D eigenvalue weighted by atomic mass is 10.1. The van der Waals surface area contributed by atoms with Gasteiger partial charge >= 0.3 is 0 Å². The van der Waals surface area contributed by atoms with Gasteiger partial charge in [0.2, 0.25) is 5.78 Å². The van der Waals surface area contributed by atoms with Gasteiger partial charge in [0.25, 0.3) is 0 Å². The molecule has 0 saturated carbocycles. The number of hydrogen-bond acceptors (Lipinski definition) is 3. The molecule has 2 aromatic rings. The lowest BCUT2D eigenvalue weighted by Gasteiger charge is -2.16. The van der Waals surface area contributed by atoms with E-state index in [4.69, 9.17) is 4.74 Å². The number of hydrogen-bond donors (Lipinski definition) is 0. The second kappa shape index (κ2) is 7.67. The number of carbonyl (C=O) groups excluding carboxylic acids is 1. The molecule has 0 fully saturated rings. The fourth-order valence-corrected chi connectivity index (χ4v) is 3.20. The van der Waals surface area contributed by atoms with Crippen LogP contribution in [-0.2, 0) is 11.5 Å². The van der Waals surface area contributed by atoms with Crippen molar-refractivity contribution in [1.29, 1.82) is 0 Å². The molecule has 23 heavy (non-hydrogen) atoms. The first-order chi connectivity index (χ1) is 10.8. The van der Waals surface area contributed by atoms with E-state index in [9.17, 15) is 9.18 Å². The summed E-state index contributed by atoms with van der Waals surface area (Å²) in [6.45, 7) is 7.74. The highest BCUT2D eigenvalue weighted by Gasteiger charge is 2.19. The average Bonchev–Trinajstić information content (AvgIpc) is 2.93. The first-order valence-electron chi connectivity index (χ1n) is 7.36. The fourth-order valence-electron chi connectivity index (χ4n) is 1.96. The van der Waals surface area contributed by atoms with E-state index in [0.29, 0.717) is 6.61 Å². The third-order valence-electron chi connectivity index (χ3n) is 3.32. The van der Waals surface area contributed by atoms with E-state index in [1.165, 1.54) is 18.3 Å². The summed E-state index contributed by atoms with van der Waals surface area (Å²) in [5.41, 5.74) is 0.0337. The van der Waals surface area contributed by atoms with Crippen LogP contribution in [0, 0.1) is 9.39 Å². The van der Waals surface area contributed by atoms with Gasteiger partial charge < -0.3 is 9.30 Å². The zero-order valence-corrected chi connectivity index (χ0v) is 16.6. The summed E-state index contributed by atoms with van der Waals surface area (Å²) in [6.07, 6.45) is 3.20. The Bertz CT molecular complexity index is 698. The van der Waals surface area contributed by atoms with Crippen LogP contribution in [0.1, 0.15) is 16.2 Å². The predicted octanol–water partition coefficient (Wildman–Crippen LogP) is 4.17. The molecular weight excluding hydrogens is 426 g/mol. The second-order valence-corrected chi connectivity index (χ2v) is 13.4. The maximum absolute atomic E-state index is 13.9. The van der Waals surface area contributed by atoms with Crippen LogP contribution in [0.15, 0.2) is 30.6 Å². The maximum Gasteiger partial charge on any atom is 0.231 e. The number of imidazole rings is 1. The van der Waals surface area contributed by atoms with Gasteiger partial charge in [-0.2, -0.15) is 0 Å². The Labute approximate surface area is 150 Å². The molecule has 0 radical (unpaired) electrons. The number of ketones is 1. The van der Waals surface area contributed by atoms with Crippen LogP contribution in [-0.4, -0.2) is 30.0 Å². The van der Waals surface area contributed by atoms with Gasteiger partial charge in [-0.3, -0.25) is 4.79 Å². The normalized spacial score (nSPS) is 11.7. The first-order valence-corrected chi connectivity index (χ1v) is 12.2. The van der Waals surface area contributed by atoms with E-state index in [1.54, 1.807) is 16.8 Å². The molecule has 124 valence electrons. The fraction of sp³-hybridized carbons (Fsp3) is 0.375. The van der Waals surface area contributed by atoms with Gasteiger partial charge in [-0.1, -0.05) is 19.6 Å². The van der Waals surface area contributed by atoms with Gasteiger partial charge in [0.15, 0.2) is 5.82 Å². The zero-order valence-electron chi connectivity index (χ0n) is 13.5. The average molecular weight is 446 g/mol. The first kappa shape index (κ1) is 18.3. The van der Waals surface area contributed by atoms with Gasteiger partial charge in [0.1, 0.15) is 12.5 Å². The number of ether oxygens (including phenoxy) is 1. The number of benzene rings is 1. The SMILES string of the molecule is C[Si](C)(C)CCOCn1ccnc1C(=O)c1cc(I)ccc1F. The molecule has 1 heterocycles. The smallest absolute Gasteiger partial charge is 0.231 e. The molecule has 0 aliphatic carbocycles. The van der Waals surface area contributed by atoms with Crippen LogP contribution in [0.5, 0.6) is 0 Å². The highest BCUT2D eigenvalue weighted by molar-refractivity contribution is 14.1. The lowest BCUT2D eigenvalue weighted by Crippen LogP contribution is -2.22. The summed E-state index contributed by atoms with van der Waals surface area (Å²) in [6, 6.07) is 5.51. The molecule has 0 N–H and O–H groups in total. The molecular formula is C16H20FIN2O2Si. The van der Waals surface area contributed by atoms with E-state index < -0.39 is 19.7 Å². The highest BCUT2D eigenvalue weighted by atomic mass is 127. The Morgan fingerprint density at radius 1 is 1.39 bits per heavy atom.